The molecule has 0 radical (unpaired) electrons. The van der Waals surface area contributed by atoms with Crippen molar-refractivity contribution in [2.75, 3.05) is 14.2 Å². The number of hydrogen-bond donors (Lipinski definition) is 1. The highest BCUT2D eigenvalue weighted by molar-refractivity contribution is 5.76. The van der Waals surface area contributed by atoms with Gasteiger partial charge in [-0.3, -0.25) is 9.69 Å². The van der Waals surface area contributed by atoms with Crippen molar-refractivity contribution >= 4 is 5.91 Å². The molecular weight excluding hydrogens is 360 g/mol. The standard InChI is InChI=1S/C25H34N2O2/c1-27(23-10-4-3-5-11-23)19-22-9-7-6-8-21(22)18-26-25(28)17-14-20-12-15-24(29-2)16-13-20/h6-9,12-13,15-16,23H,3-5,10-11,14,17-19H2,1-2H3,(H,26,28). The Kier molecular flexibility index (Phi) is 8.12. The van der Waals surface area contributed by atoms with Crippen molar-refractivity contribution in [3.8, 4) is 5.75 Å². The SMILES string of the molecule is COc1ccc(CCC(=O)NCc2ccccc2CN(C)C2CCCCC2)cc1. The molecule has 156 valence electrons. The monoisotopic (exact) mass is 394 g/mol. The number of benzene rings is 2. The summed E-state index contributed by atoms with van der Waals surface area (Å²) in [5, 5.41) is 3.10. The second-order valence-corrected chi connectivity index (χ2v) is 8.10. The minimum atomic E-state index is 0.0938. The van der Waals surface area contributed by atoms with E-state index in [1.807, 2.05) is 24.3 Å². The first-order valence-electron chi connectivity index (χ1n) is 10.8. The first kappa shape index (κ1) is 21.4. The molecule has 1 aliphatic rings. The quantitative estimate of drug-likeness (QED) is 0.670. The largest absolute Gasteiger partial charge is 0.497 e. The van der Waals surface area contributed by atoms with Crippen molar-refractivity contribution in [2.45, 2.75) is 64.1 Å². The normalized spacial score (nSPS) is 14.7. The van der Waals surface area contributed by atoms with Gasteiger partial charge in [-0.1, -0.05) is 55.7 Å². The summed E-state index contributed by atoms with van der Waals surface area (Å²) in [5.74, 6) is 0.934. The molecule has 0 spiro atoms. The Morgan fingerprint density at radius 1 is 1.03 bits per heavy atom. The van der Waals surface area contributed by atoms with Crippen LogP contribution in [0.15, 0.2) is 48.5 Å². The van der Waals surface area contributed by atoms with E-state index in [1.54, 1.807) is 7.11 Å². The van der Waals surface area contributed by atoms with Crippen LogP contribution in [0.3, 0.4) is 0 Å². The third kappa shape index (κ3) is 6.60. The predicted molar refractivity (Wildman–Crippen MR) is 118 cm³/mol. The zero-order chi connectivity index (χ0) is 20.5. The molecule has 4 heteroatoms. The summed E-state index contributed by atoms with van der Waals surface area (Å²) in [4.78, 5) is 14.8. The Morgan fingerprint density at radius 2 is 1.72 bits per heavy atom. The first-order valence-corrected chi connectivity index (χ1v) is 10.8. The van der Waals surface area contributed by atoms with Gasteiger partial charge >= 0.3 is 0 Å². The molecule has 0 atom stereocenters. The van der Waals surface area contributed by atoms with Crippen LogP contribution in [0, 0.1) is 0 Å². The minimum Gasteiger partial charge on any atom is -0.497 e. The van der Waals surface area contributed by atoms with Gasteiger partial charge in [0.2, 0.25) is 5.91 Å². The molecule has 1 amide bonds. The van der Waals surface area contributed by atoms with E-state index in [-0.39, 0.29) is 5.91 Å². The van der Waals surface area contributed by atoms with Crippen LogP contribution in [-0.4, -0.2) is 31.0 Å². The van der Waals surface area contributed by atoms with Gasteiger partial charge in [0, 0.05) is 25.6 Å². The Labute approximate surface area is 175 Å². The van der Waals surface area contributed by atoms with Crippen LogP contribution in [0.25, 0.3) is 0 Å². The summed E-state index contributed by atoms with van der Waals surface area (Å²) in [6.07, 6.45) is 7.92. The van der Waals surface area contributed by atoms with Crippen LogP contribution in [0.4, 0.5) is 0 Å². The molecule has 0 bridgehead atoms. The van der Waals surface area contributed by atoms with E-state index >= 15 is 0 Å². The van der Waals surface area contributed by atoms with Gasteiger partial charge in [-0.15, -0.1) is 0 Å². The third-order valence-corrected chi connectivity index (χ3v) is 6.01. The third-order valence-electron chi connectivity index (χ3n) is 6.01. The molecule has 0 heterocycles. The second-order valence-electron chi connectivity index (χ2n) is 8.10. The molecule has 0 saturated heterocycles. The van der Waals surface area contributed by atoms with Crippen molar-refractivity contribution < 1.29 is 9.53 Å². The number of aryl methyl sites for hydroxylation is 1. The van der Waals surface area contributed by atoms with Gasteiger partial charge in [0.05, 0.1) is 7.11 Å². The Hall–Kier alpha value is -2.33. The zero-order valence-corrected chi connectivity index (χ0v) is 17.8. The topological polar surface area (TPSA) is 41.6 Å². The van der Waals surface area contributed by atoms with Gasteiger partial charge in [0.25, 0.3) is 0 Å². The van der Waals surface area contributed by atoms with Crippen molar-refractivity contribution in [3.05, 3.63) is 65.2 Å². The molecule has 0 aliphatic heterocycles. The molecule has 4 nitrogen and oxygen atoms in total. The highest BCUT2D eigenvalue weighted by Crippen LogP contribution is 2.23. The van der Waals surface area contributed by atoms with Gasteiger partial charge in [-0.2, -0.15) is 0 Å². The smallest absolute Gasteiger partial charge is 0.220 e. The number of carbonyl (C=O) groups excluding carboxylic acids is 1. The van der Waals surface area contributed by atoms with E-state index in [0.29, 0.717) is 19.0 Å². The number of carbonyl (C=O) groups is 1. The number of hydrogen-bond acceptors (Lipinski definition) is 3. The van der Waals surface area contributed by atoms with Crippen molar-refractivity contribution in [3.63, 3.8) is 0 Å². The van der Waals surface area contributed by atoms with Crippen LogP contribution in [0.2, 0.25) is 0 Å². The molecule has 1 saturated carbocycles. The fraction of sp³-hybridized carbons (Fsp3) is 0.480. The lowest BCUT2D eigenvalue weighted by Crippen LogP contribution is -2.33. The zero-order valence-electron chi connectivity index (χ0n) is 17.8. The maximum atomic E-state index is 12.3. The number of amides is 1. The van der Waals surface area contributed by atoms with Gasteiger partial charge in [-0.05, 0) is 55.1 Å². The van der Waals surface area contributed by atoms with Crippen molar-refractivity contribution in [1.82, 2.24) is 10.2 Å². The maximum Gasteiger partial charge on any atom is 0.220 e. The highest BCUT2D eigenvalue weighted by atomic mass is 16.5. The number of methoxy groups -OCH3 is 1. The molecule has 2 aromatic rings. The van der Waals surface area contributed by atoms with E-state index in [1.165, 1.54) is 43.2 Å². The first-order chi connectivity index (χ1) is 14.2. The number of rotatable bonds is 9. The number of nitrogens with one attached hydrogen (secondary N) is 1. The summed E-state index contributed by atoms with van der Waals surface area (Å²) < 4.78 is 5.18. The van der Waals surface area contributed by atoms with Crippen LogP contribution in [0.1, 0.15) is 55.2 Å². The number of ether oxygens (including phenoxy) is 1. The lowest BCUT2D eigenvalue weighted by molar-refractivity contribution is -0.121. The predicted octanol–water partition coefficient (Wildman–Crippen LogP) is 4.71. The molecule has 2 aromatic carbocycles. The van der Waals surface area contributed by atoms with E-state index < -0.39 is 0 Å². The van der Waals surface area contributed by atoms with Crippen molar-refractivity contribution in [2.24, 2.45) is 0 Å². The van der Waals surface area contributed by atoms with E-state index in [0.717, 1.165) is 24.3 Å². The van der Waals surface area contributed by atoms with Crippen LogP contribution >= 0.6 is 0 Å². The molecule has 0 aromatic heterocycles. The minimum absolute atomic E-state index is 0.0938. The molecule has 29 heavy (non-hydrogen) atoms. The lowest BCUT2D eigenvalue weighted by atomic mass is 9.94. The molecule has 0 unspecified atom stereocenters. The van der Waals surface area contributed by atoms with Gasteiger partial charge in [0.1, 0.15) is 5.75 Å². The molecule has 1 fully saturated rings. The maximum absolute atomic E-state index is 12.3. The van der Waals surface area contributed by atoms with E-state index in [9.17, 15) is 4.79 Å². The highest BCUT2D eigenvalue weighted by Gasteiger charge is 2.18. The Morgan fingerprint density at radius 3 is 2.41 bits per heavy atom. The van der Waals surface area contributed by atoms with E-state index in [4.69, 9.17) is 4.74 Å². The summed E-state index contributed by atoms with van der Waals surface area (Å²) in [7, 11) is 3.90. The summed E-state index contributed by atoms with van der Waals surface area (Å²) in [5.41, 5.74) is 3.68. The van der Waals surface area contributed by atoms with Gasteiger partial charge in [0.15, 0.2) is 0 Å². The van der Waals surface area contributed by atoms with Gasteiger partial charge in [-0.25, -0.2) is 0 Å². The fourth-order valence-electron chi connectivity index (χ4n) is 4.14. The lowest BCUT2D eigenvalue weighted by Gasteiger charge is -2.31. The summed E-state index contributed by atoms with van der Waals surface area (Å²) >= 11 is 0. The van der Waals surface area contributed by atoms with E-state index in [2.05, 4.69) is 41.5 Å². The summed E-state index contributed by atoms with van der Waals surface area (Å²) in [6, 6.07) is 17.1. The number of nitrogens with zero attached hydrogens (tertiary/aromatic N) is 1. The average molecular weight is 395 g/mol. The molecular formula is C25H34N2O2. The Bertz CT molecular complexity index is 767. The van der Waals surface area contributed by atoms with Crippen LogP contribution in [0.5, 0.6) is 5.75 Å². The van der Waals surface area contributed by atoms with Crippen LogP contribution < -0.4 is 10.1 Å². The average Bonchev–Trinajstić information content (AvgIpc) is 2.78. The Balaban J connectivity index is 1.48. The van der Waals surface area contributed by atoms with Crippen LogP contribution in [-0.2, 0) is 24.3 Å². The van der Waals surface area contributed by atoms with Crippen molar-refractivity contribution in [1.29, 1.82) is 0 Å². The second kappa shape index (κ2) is 11.0. The summed E-state index contributed by atoms with van der Waals surface area (Å²) in [6.45, 7) is 1.54. The molecule has 1 N–H and O–H groups in total. The van der Waals surface area contributed by atoms with Gasteiger partial charge < -0.3 is 10.1 Å². The molecule has 3 rings (SSSR count). The fourth-order valence-corrected chi connectivity index (χ4v) is 4.14. The molecule has 1 aliphatic carbocycles.